The van der Waals surface area contributed by atoms with Crippen molar-refractivity contribution in [3.63, 3.8) is 0 Å². The second-order valence-electron chi connectivity index (χ2n) is 4.19. The maximum absolute atomic E-state index is 13.9. The monoisotopic (exact) mass is 279 g/mol. The summed E-state index contributed by atoms with van der Waals surface area (Å²) in [5, 5.41) is 0. The molecule has 0 amide bonds. The van der Waals surface area contributed by atoms with E-state index in [0.29, 0.717) is 17.1 Å². The molecule has 0 bridgehead atoms. The summed E-state index contributed by atoms with van der Waals surface area (Å²) in [5.41, 5.74) is 6.22. The number of ether oxygens (including phenoxy) is 2. The predicted octanol–water partition coefficient (Wildman–Crippen LogP) is 3.03. The van der Waals surface area contributed by atoms with Crippen molar-refractivity contribution in [1.29, 1.82) is 0 Å². The maximum Gasteiger partial charge on any atom is 0.131 e. The molecule has 2 aromatic rings. The Kier molecular flexibility index (Phi) is 4.20. The fourth-order valence-electron chi connectivity index (χ4n) is 2.14. The zero-order valence-electron chi connectivity index (χ0n) is 11.2. The Balaban J connectivity index is 2.61. The Morgan fingerprint density at radius 3 is 1.75 bits per heavy atom. The molecule has 0 aliphatic heterocycles. The van der Waals surface area contributed by atoms with E-state index in [0.717, 1.165) is 0 Å². The zero-order valence-corrected chi connectivity index (χ0v) is 11.2. The Morgan fingerprint density at radius 2 is 1.30 bits per heavy atom. The summed E-state index contributed by atoms with van der Waals surface area (Å²) in [6, 6.07) is 7.64. The van der Waals surface area contributed by atoms with Crippen LogP contribution in [0.25, 0.3) is 0 Å². The van der Waals surface area contributed by atoms with E-state index in [9.17, 15) is 8.78 Å². The minimum Gasteiger partial charge on any atom is -0.496 e. The number of hydrogen-bond acceptors (Lipinski definition) is 3. The molecular formula is C15H15F2NO2. The lowest BCUT2D eigenvalue weighted by Crippen LogP contribution is -2.17. The third kappa shape index (κ3) is 2.44. The average molecular weight is 279 g/mol. The molecule has 0 radical (unpaired) electrons. The van der Waals surface area contributed by atoms with Crippen LogP contribution in [0.15, 0.2) is 36.4 Å². The van der Waals surface area contributed by atoms with Gasteiger partial charge in [0.15, 0.2) is 0 Å². The summed E-state index contributed by atoms with van der Waals surface area (Å²) in [6.45, 7) is 0. The molecule has 0 spiro atoms. The fraction of sp³-hybridized carbons (Fsp3) is 0.200. The van der Waals surface area contributed by atoms with Gasteiger partial charge < -0.3 is 15.2 Å². The molecule has 2 rings (SSSR count). The van der Waals surface area contributed by atoms with Crippen molar-refractivity contribution < 1.29 is 18.3 Å². The van der Waals surface area contributed by atoms with E-state index in [1.54, 1.807) is 18.2 Å². The van der Waals surface area contributed by atoms with Gasteiger partial charge in [-0.15, -0.1) is 0 Å². The smallest absolute Gasteiger partial charge is 0.131 e. The first-order valence-electron chi connectivity index (χ1n) is 6.00. The Bertz CT molecular complexity index is 574. The van der Waals surface area contributed by atoms with E-state index in [2.05, 4.69) is 0 Å². The van der Waals surface area contributed by atoms with E-state index < -0.39 is 17.7 Å². The van der Waals surface area contributed by atoms with Crippen LogP contribution in [0, 0.1) is 11.6 Å². The van der Waals surface area contributed by atoms with Crippen LogP contribution in [0.5, 0.6) is 11.5 Å². The first-order chi connectivity index (χ1) is 9.60. The van der Waals surface area contributed by atoms with E-state index in [4.69, 9.17) is 15.2 Å². The van der Waals surface area contributed by atoms with E-state index in [-0.39, 0.29) is 5.56 Å². The number of halogens is 2. The molecule has 1 atom stereocenters. The summed E-state index contributed by atoms with van der Waals surface area (Å²) in [4.78, 5) is 0. The van der Waals surface area contributed by atoms with Crippen molar-refractivity contribution in [2.45, 2.75) is 6.04 Å². The van der Waals surface area contributed by atoms with E-state index >= 15 is 0 Å². The van der Waals surface area contributed by atoms with Crippen molar-refractivity contribution in [1.82, 2.24) is 0 Å². The number of benzene rings is 2. The summed E-state index contributed by atoms with van der Waals surface area (Å²) < 4.78 is 38.1. The van der Waals surface area contributed by atoms with Crippen molar-refractivity contribution in [3.8, 4) is 11.5 Å². The van der Waals surface area contributed by atoms with Crippen molar-refractivity contribution in [3.05, 3.63) is 59.2 Å². The summed E-state index contributed by atoms with van der Waals surface area (Å²) in [5.74, 6) is -0.574. The summed E-state index contributed by atoms with van der Waals surface area (Å²) >= 11 is 0. The second kappa shape index (κ2) is 5.88. The van der Waals surface area contributed by atoms with Gasteiger partial charge >= 0.3 is 0 Å². The Morgan fingerprint density at radius 1 is 0.850 bits per heavy atom. The quantitative estimate of drug-likeness (QED) is 0.935. The molecule has 0 aromatic heterocycles. The first-order valence-corrected chi connectivity index (χ1v) is 6.00. The molecule has 0 saturated carbocycles. The molecule has 3 nitrogen and oxygen atoms in total. The van der Waals surface area contributed by atoms with Crippen LogP contribution in [0.4, 0.5) is 8.78 Å². The van der Waals surface area contributed by atoms with Crippen LogP contribution >= 0.6 is 0 Å². The van der Waals surface area contributed by atoms with Crippen LogP contribution < -0.4 is 15.2 Å². The van der Waals surface area contributed by atoms with E-state index in [1.807, 2.05) is 0 Å². The zero-order chi connectivity index (χ0) is 14.7. The van der Waals surface area contributed by atoms with Gasteiger partial charge in [-0.05, 0) is 24.3 Å². The molecule has 20 heavy (non-hydrogen) atoms. The van der Waals surface area contributed by atoms with Gasteiger partial charge in [0.05, 0.1) is 25.8 Å². The lowest BCUT2D eigenvalue weighted by molar-refractivity contribution is 0.380. The Hall–Kier alpha value is -2.14. The topological polar surface area (TPSA) is 44.5 Å². The van der Waals surface area contributed by atoms with Gasteiger partial charge in [0.25, 0.3) is 0 Å². The molecule has 2 aromatic carbocycles. The molecule has 5 heteroatoms. The lowest BCUT2D eigenvalue weighted by Gasteiger charge is -2.20. The van der Waals surface area contributed by atoms with Crippen LogP contribution in [0.2, 0.25) is 0 Å². The van der Waals surface area contributed by atoms with Gasteiger partial charge in [0.1, 0.15) is 23.1 Å². The molecule has 1 unspecified atom stereocenters. The summed E-state index contributed by atoms with van der Waals surface area (Å²) in [7, 11) is 2.92. The Labute approximate surface area is 115 Å². The number of methoxy groups -OCH3 is 2. The van der Waals surface area contributed by atoms with Crippen LogP contribution in [-0.2, 0) is 0 Å². The van der Waals surface area contributed by atoms with Gasteiger partial charge in [-0.2, -0.15) is 0 Å². The van der Waals surface area contributed by atoms with Crippen LogP contribution in [0.1, 0.15) is 17.2 Å². The molecule has 0 saturated heterocycles. The minimum absolute atomic E-state index is 0.213. The minimum atomic E-state index is -1.03. The lowest BCUT2D eigenvalue weighted by atomic mass is 9.96. The molecule has 0 heterocycles. The SMILES string of the molecule is COc1cccc(OC)c1C(N)c1c(F)cccc1F. The number of hydrogen-bond donors (Lipinski definition) is 1. The van der Waals surface area contributed by atoms with Crippen molar-refractivity contribution >= 4 is 0 Å². The highest BCUT2D eigenvalue weighted by Gasteiger charge is 2.24. The third-order valence-corrected chi connectivity index (χ3v) is 3.09. The molecule has 0 aliphatic carbocycles. The van der Waals surface area contributed by atoms with Gasteiger partial charge in [0.2, 0.25) is 0 Å². The van der Waals surface area contributed by atoms with Crippen LogP contribution in [0.3, 0.4) is 0 Å². The molecule has 0 fully saturated rings. The van der Waals surface area contributed by atoms with Gasteiger partial charge in [-0.25, -0.2) is 8.78 Å². The standard InChI is InChI=1S/C15H15F2NO2/c1-19-11-7-4-8-12(20-2)14(11)15(18)13-9(16)5-3-6-10(13)17/h3-8,15H,18H2,1-2H3. The number of nitrogens with two attached hydrogens (primary N) is 1. The highest BCUT2D eigenvalue weighted by Crippen LogP contribution is 2.37. The van der Waals surface area contributed by atoms with Crippen LogP contribution in [-0.4, -0.2) is 14.2 Å². The highest BCUT2D eigenvalue weighted by atomic mass is 19.1. The summed E-state index contributed by atoms with van der Waals surface area (Å²) in [6.07, 6.45) is 0. The van der Waals surface area contributed by atoms with Crippen molar-refractivity contribution in [2.24, 2.45) is 5.73 Å². The maximum atomic E-state index is 13.9. The second-order valence-corrected chi connectivity index (χ2v) is 4.19. The normalized spacial score (nSPS) is 12.1. The van der Waals surface area contributed by atoms with E-state index in [1.165, 1.54) is 32.4 Å². The van der Waals surface area contributed by atoms with Gasteiger partial charge in [-0.1, -0.05) is 12.1 Å². The van der Waals surface area contributed by atoms with Gasteiger partial charge in [-0.3, -0.25) is 0 Å². The fourth-order valence-corrected chi connectivity index (χ4v) is 2.14. The highest BCUT2D eigenvalue weighted by molar-refractivity contribution is 5.50. The largest absolute Gasteiger partial charge is 0.496 e. The van der Waals surface area contributed by atoms with Gasteiger partial charge in [0, 0.05) is 5.56 Å². The van der Waals surface area contributed by atoms with Crippen molar-refractivity contribution in [2.75, 3.05) is 14.2 Å². The molecule has 2 N–H and O–H groups in total. The molecule has 106 valence electrons. The average Bonchev–Trinajstić information content (AvgIpc) is 2.45. The molecular weight excluding hydrogens is 264 g/mol. The predicted molar refractivity (Wildman–Crippen MR) is 71.9 cm³/mol. The molecule has 0 aliphatic rings. The number of rotatable bonds is 4. The third-order valence-electron chi connectivity index (χ3n) is 3.09. The first kappa shape index (κ1) is 14.3.